The normalized spacial score (nSPS) is 22.8. The van der Waals surface area contributed by atoms with Crippen LogP contribution in [0, 0.1) is 5.41 Å². The zero-order valence-electron chi connectivity index (χ0n) is 17.1. The topological polar surface area (TPSA) is 71.1 Å². The van der Waals surface area contributed by atoms with Crippen molar-refractivity contribution in [1.82, 2.24) is 15.1 Å². The molecule has 2 aliphatic rings. The molecular weight excluding hydrogens is 358 g/mol. The van der Waals surface area contributed by atoms with E-state index in [1.54, 1.807) is 9.80 Å². The lowest BCUT2D eigenvalue weighted by Crippen LogP contribution is -2.46. The third-order valence-corrected chi connectivity index (χ3v) is 5.14. The van der Waals surface area contributed by atoms with Gasteiger partial charge in [0.15, 0.2) is 0 Å². The Kier molecular flexibility index (Phi) is 6.13. The number of carbonyl (C=O) groups excluding carboxylic acids is 2. The Labute approximate surface area is 167 Å². The maximum Gasteiger partial charge on any atom is 0.410 e. The molecule has 28 heavy (non-hydrogen) atoms. The second kappa shape index (κ2) is 8.39. The average Bonchev–Trinajstić information content (AvgIpc) is 3.00. The van der Waals surface area contributed by atoms with Gasteiger partial charge in [-0.3, -0.25) is 0 Å². The van der Waals surface area contributed by atoms with E-state index < -0.39 is 5.60 Å². The molecule has 7 nitrogen and oxygen atoms in total. The van der Waals surface area contributed by atoms with Gasteiger partial charge in [0.05, 0.1) is 0 Å². The Morgan fingerprint density at radius 2 is 1.71 bits per heavy atom. The number of hydrogen-bond donors (Lipinski definition) is 1. The fourth-order valence-electron chi connectivity index (χ4n) is 3.77. The van der Waals surface area contributed by atoms with E-state index in [1.165, 1.54) is 0 Å². The molecule has 2 heterocycles. The van der Waals surface area contributed by atoms with Crippen molar-refractivity contribution in [2.75, 3.05) is 39.3 Å². The van der Waals surface area contributed by atoms with Crippen LogP contribution in [0.5, 0.6) is 0 Å². The molecule has 1 spiro atoms. The number of nitrogens with zero attached hydrogens (tertiary/aromatic N) is 2. The minimum atomic E-state index is -0.543. The lowest BCUT2D eigenvalue weighted by molar-refractivity contribution is 0.0202. The van der Waals surface area contributed by atoms with Crippen molar-refractivity contribution in [1.29, 1.82) is 0 Å². The van der Waals surface area contributed by atoms with Gasteiger partial charge in [0, 0.05) is 38.1 Å². The van der Waals surface area contributed by atoms with Gasteiger partial charge in [0.2, 0.25) is 0 Å². The van der Waals surface area contributed by atoms with Crippen molar-refractivity contribution < 1.29 is 19.1 Å². The van der Waals surface area contributed by atoms with Crippen LogP contribution in [-0.2, 0) is 16.1 Å². The minimum absolute atomic E-state index is 0.167. The number of hydrogen-bond acceptors (Lipinski definition) is 5. The van der Waals surface area contributed by atoms with E-state index in [2.05, 4.69) is 5.32 Å². The van der Waals surface area contributed by atoms with Crippen LogP contribution in [0.2, 0.25) is 0 Å². The summed E-state index contributed by atoms with van der Waals surface area (Å²) >= 11 is 0. The Bertz CT molecular complexity index is 681. The summed E-state index contributed by atoms with van der Waals surface area (Å²) in [5, 5.41) is 3.38. The molecule has 1 atom stereocenters. The van der Waals surface area contributed by atoms with Gasteiger partial charge in [-0.2, -0.15) is 0 Å². The van der Waals surface area contributed by atoms with Gasteiger partial charge in [-0.1, -0.05) is 30.3 Å². The summed E-state index contributed by atoms with van der Waals surface area (Å²) < 4.78 is 11.1. The van der Waals surface area contributed by atoms with Gasteiger partial charge < -0.3 is 24.6 Å². The Morgan fingerprint density at radius 3 is 2.29 bits per heavy atom. The summed E-state index contributed by atoms with van der Waals surface area (Å²) in [6.07, 6.45) is 0.258. The summed E-state index contributed by atoms with van der Waals surface area (Å²) in [7, 11) is 0. The summed E-state index contributed by atoms with van der Waals surface area (Å²) in [4.78, 5) is 28.8. The first-order chi connectivity index (χ1) is 13.3. The molecule has 0 bridgehead atoms. The summed E-state index contributed by atoms with van der Waals surface area (Å²) in [6, 6.07) is 9.65. The van der Waals surface area contributed by atoms with E-state index in [-0.39, 0.29) is 24.2 Å². The molecule has 1 aromatic carbocycles. The van der Waals surface area contributed by atoms with Crippen LogP contribution in [-0.4, -0.2) is 66.9 Å². The molecular formula is C21H31N3O4. The second-order valence-corrected chi connectivity index (χ2v) is 8.79. The molecule has 154 valence electrons. The predicted octanol–water partition coefficient (Wildman–Crippen LogP) is 2.86. The molecule has 2 amide bonds. The number of nitrogens with one attached hydrogen (secondary N) is 1. The van der Waals surface area contributed by atoms with Crippen LogP contribution >= 0.6 is 0 Å². The molecule has 0 radical (unpaired) electrons. The quantitative estimate of drug-likeness (QED) is 0.842. The van der Waals surface area contributed by atoms with Crippen LogP contribution in [0.3, 0.4) is 0 Å². The molecule has 2 aliphatic heterocycles. The molecule has 1 aromatic rings. The van der Waals surface area contributed by atoms with Gasteiger partial charge >= 0.3 is 12.2 Å². The predicted molar refractivity (Wildman–Crippen MR) is 106 cm³/mol. The molecule has 0 aliphatic carbocycles. The summed E-state index contributed by atoms with van der Waals surface area (Å²) in [5.74, 6) is 0. The minimum Gasteiger partial charge on any atom is -0.445 e. The number of benzene rings is 1. The SMILES string of the molecule is CC(C)(C)OC(=O)N1CCN(C(=O)OCc2ccccc2)CC2(CCNC2)C1. The number of rotatable bonds is 2. The number of ether oxygens (including phenoxy) is 2. The van der Waals surface area contributed by atoms with E-state index in [1.807, 2.05) is 51.1 Å². The number of carbonyl (C=O) groups is 2. The van der Waals surface area contributed by atoms with Crippen molar-refractivity contribution >= 4 is 12.2 Å². The van der Waals surface area contributed by atoms with Gasteiger partial charge in [-0.05, 0) is 39.3 Å². The molecule has 7 heteroatoms. The van der Waals surface area contributed by atoms with Crippen molar-refractivity contribution in [3.05, 3.63) is 35.9 Å². The monoisotopic (exact) mass is 389 g/mol. The highest BCUT2D eigenvalue weighted by Crippen LogP contribution is 2.31. The Balaban J connectivity index is 1.66. The molecule has 1 N–H and O–H groups in total. The standard InChI is InChI=1S/C21H31N3O4/c1-20(2,3)28-19(26)24-12-11-23(15-21(16-24)9-10-22-14-21)18(25)27-13-17-7-5-4-6-8-17/h4-8,22H,9-16H2,1-3H3. The van der Waals surface area contributed by atoms with Crippen LogP contribution in [0.15, 0.2) is 30.3 Å². The van der Waals surface area contributed by atoms with Crippen LogP contribution in [0.4, 0.5) is 9.59 Å². The first-order valence-corrected chi connectivity index (χ1v) is 9.91. The number of amides is 2. The van der Waals surface area contributed by atoms with Crippen LogP contribution in [0.25, 0.3) is 0 Å². The highest BCUT2D eigenvalue weighted by atomic mass is 16.6. The highest BCUT2D eigenvalue weighted by molar-refractivity contribution is 5.70. The fourth-order valence-corrected chi connectivity index (χ4v) is 3.77. The van der Waals surface area contributed by atoms with Gasteiger partial charge in [0.25, 0.3) is 0 Å². The van der Waals surface area contributed by atoms with Gasteiger partial charge in [-0.15, -0.1) is 0 Å². The molecule has 0 aromatic heterocycles. The largest absolute Gasteiger partial charge is 0.445 e. The van der Waals surface area contributed by atoms with E-state index in [0.717, 1.165) is 25.1 Å². The maximum absolute atomic E-state index is 12.7. The van der Waals surface area contributed by atoms with Crippen molar-refractivity contribution in [2.45, 2.75) is 39.4 Å². The van der Waals surface area contributed by atoms with E-state index in [4.69, 9.17) is 9.47 Å². The third-order valence-electron chi connectivity index (χ3n) is 5.14. The maximum atomic E-state index is 12.7. The molecule has 0 saturated carbocycles. The molecule has 2 fully saturated rings. The second-order valence-electron chi connectivity index (χ2n) is 8.79. The summed E-state index contributed by atoms with van der Waals surface area (Å²) in [5.41, 5.74) is 0.246. The third kappa shape index (κ3) is 5.38. The van der Waals surface area contributed by atoms with Crippen LogP contribution < -0.4 is 5.32 Å². The molecule has 2 saturated heterocycles. The van der Waals surface area contributed by atoms with E-state index in [0.29, 0.717) is 26.2 Å². The fraction of sp³-hybridized carbons (Fsp3) is 0.619. The van der Waals surface area contributed by atoms with Crippen molar-refractivity contribution in [3.8, 4) is 0 Å². The first-order valence-electron chi connectivity index (χ1n) is 9.91. The van der Waals surface area contributed by atoms with Crippen LogP contribution in [0.1, 0.15) is 32.8 Å². The zero-order chi connectivity index (χ0) is 20.2. The van der Waals surface area contributed by atoms with Gasteiger partial charge in [0.1, 0.15) is 12.2 Å². The lowest BCUT2D eigenvalue weighted by Gasteiger charge is -2.33. The van der Waals surface area contributed by atoms with E-state index in [9.17, 15) is 9.59 Å². The van der Waals surface area contributed by atoms with E-state index >= 15 is 0 Å². The highest BCUT2D eigenvalue weighted by Gasteiger charge is 2.42. The lowest BCUT2D eigenvalue weighted by atomic mass is 9.86. The average molecular weight is 389 g/mol. The molecule has 1 unspecified atom stereocenters. The first kappa shape index (κ1) is 20.5. The Hall–Kier alpha value is -2.28. The molecule has 3 rings (SSSR count). The summed E-state index contributed by atoms with van der Waals surface area (Å²) in [6.45, 7) is 9.53. The van der Waals surface area contributed by atoms with Gasteiger partial charge in [-0.25, -0.2) is 9.59 Å². The smallest absolute Gasteiger partial charge is 0.410 e. The van der Waals surface area contributed by atoms with Crippen molar-refractivity contribution in [3.63, 3.8) is 0 Å². The van der Waals surface area contributed by atoms with Crippen molar-refractivity contribution in [2.24, 2.45) is 5.41 Å². The zero-order valence-corrected chi connectivity index (χ0v) is 17.1. The Morgan fingerprint density at radius 1 is 1.07 bits per heavy atom.